The van der Waals surface area contributed by atoms with Gasteiger partial charge in [0.15, 0.2) is 0 Å². The van der Waals surface area contributed by atoms with Crippen molar-refractivity contribution in [1.82, 2.24) is 0 Å². The smallest absolute Gasteiger partial charge is 0 e. The third-order valence-electron chi connectivity index (χ3n) is 3.33. The Hall–Kier alpha value is -0.656. The summed E-state index contributed by atoms with van der Waals surface area (Å²) in [5.41, 5.74) is 4.49. The summed E-state index contributed by atoms with van der Waals surface area (Å²) in [4.78, 5) is 4.36. The van der Waals surface area contributed by atoms with E-state index >= 15 is 0 Å². The van der Waals surface area contributed by atoms with Gasteiger partial charge >= 0.3 is 0 Å². The normalized spacial score (nSPS) is 16.6. The number of aliphatic imine (C=N–C) groups is 1. The summed E-state index contributed by atoms with van der Waals surface area (Å²) >= 11 is 0. The summed E-state index contributed by atoms with van der Waals surface area (Å²) in [5, 5.41) is 0. The van der Waals surface area contributed by atoms with E-state index in [-0.39, 0.29) is 21.7 Å². The van der Waals surface area contributed by atoms with Crippen molar-refractivity contribution < 1.29 is 21.7 Å². The quantitative estimate of drug-likeness (QED) is 0.353. The van der Waals surface area contributed by atoms with Crippen LogP contribution in [0.2, 0.25) is 0 Å². The van der Waals surface area contributed by atoms with E-state index in [0.717, 1.165) is 11.3 Å². The fourth-order valence-electron chi connectivity index (χ4n) is 1.83. The predicted octanol–water partition coefficient (Wildman–Crippen LogP) is 5.89. The molecule has 2 saturated carbocycles. The van der Waals surface area contributed by atoms with Gasteiger partial charge in [0.25, 0.3) is 0 Å². The van der Waals surface area contributed by atoms with Gasteiger partial charge in [-0.25, -0.2) is 0 Å². The van der Waals surface area contributed by atoms with Gasteiger partial charge in [-0.2, -0.15) is 6.08 Å². The van der Waals surface area contributed by atoms with Gasteiger partial charge in [0.05, 0.1) is 0 Å². The molecule has 1 nitrogen and oxygen atoms in total. The third-order valence-corrected chi connectivity index (χ3v) is 3.33. The summed E-state index contributed by atoms with van der Waals surface area (Å²) in [6.45, 7) is 8.12. The summed E-state index contributed by atoms with van der Waals surface area (Å²) in [6, 6.07) is 6.18. The van der Waals surface area contributed by atoms with E-state index in [0.29, 0.717) is 0 Å². The Balaban J connectivity index is 0.000000425. The van der Waals surface area contributed by atoms with Gasteiger partial charge in [-0.3, -0.25) is 0 Å². The first-order chi connectivity index (χ1) is 11.6. The number of hydrogen-bond donors (Lipinski definition) is 0. The minimum absolute atomic E-state index is 0. The molecule has 10 radical (unpaired) electrons. The molecule has 0 N–H and O–H groups in total. The van der Waals surface area contributed by atoms with Gasteiger partial charge in [0.1, 0.15) is 0 Å². The summed E-state index contributed by atoms with van der Waals surface area (Å²) in [7, 11) is 0. The van der Waals surface area contributed by atoms with Crippen LogP contribution in [-0.4, -0.2) is 6.21 Å². The van der Waals surface area contributed by atoms with Crippen LogP contribution < -0.4 is 0 Å². The molecule has 1 aromatic carbocycles. The number of aryl methyl sites for hydroxylation is 2. The van der Waals surface area contributed by atoms with Gasteiger partial charge in [0.2, 0.25) is 0 Å². The molecule has 2 heteroatoms. The van der Waals surface area contributed by atoms with Gasteiger partial charge in [-0.1, -0.05) is 49.4 Å². The molecule has 0 amide bonds. The minimum Gasteiger partial charge on any atom is -0.385 e. The Kier molecular flexibility index (Phi) is 15.2. The summed E-state index contributed by atoms with van der Waals surface area (Å²) in [5.74, 6) is 0. The molecule has 0 spiro atoms. The number of rotatable bonds is 2. The second-order valence-corrected chi connectivity index (χ2v) is 5.36. The first-order valence-corrected chi connectivity index (χ1v) is 8.14. The van der Waals surface area contributed by atoms with Crippen molar-refractivity contribution in [3.8, 4) is 0 Å². The molecule has 25 heavy (non-hydrogen) atoms. The van der Waals surface area contributed by atoms with E-state index in [4.69, 9.17) is 0 Å². The molecule has 2 aliphatic carbocycles. The van der Waals surface area contributed by atoms with Crippen molar-refractivity contribution in [3.63, 3.8) is 0 Å². The molecule has 0 saturated heterocycles. The Bertz CT molecular complexity index is 463. The van der Waals surface area contributed by atoms with E-state index in [1.54, 1.807) is 0 Å². The van der Waals surface area contributed by atoms with Crippen LogP contribution in [0.1, 0.15) is 25.0 Å². The fraction of sp³-hybridized carbons (Fsp3) is 0.174. The van der Waals surface area contributed by atoms with E-state index < -0.39 is 0 Å². The predicted molar refractivity (Wildman–Crippen MR) is 105 cm³/mol. The number of allylic oxidation sites excluding steroid dienone is 2. The molecule has 2 aliphatic rings. The zero-order chi connectivity index (χ0) is 17.6. The van der Waals surface area contributed by atoms with Crippen LogP contribution in [0.3, 0.4) is 0 Å². The van der Waals surface area contributed by atoms with E-state index in [2.05, 4.69) is 37.2 Å². The van der Waals surface area contributed by atoms with Gasteiger partial charge in [0, 0.05) is 21.7 Å². The van der Waals surface area contributed by atoms with Crippen LogP contribution in [0.15, 0.2) is 34.8 Å². The number of para-hydroxylation sites is 1. The van der Waals surface area contributed by atoms with Crippen LogP contribution in [0.4, 0.5) is 5.69 Å². The van der Waals surface area contributed by atoms with Crippen molar-refractivity contribution in [3.05, 3.63) is 105 Å². The van der Waals surface area contributed by atoms with Crippen LogP contribution in [0.5, 0.6) is 0 Å². The maximum absolute atomic E-state index is 4.36. The number of benzene rings is 1. The van der Waals surface area contributed by atoms with Gasteiger partial charge in [-0.05, 0) is 83.7 Å². The average molecular weight is 364 g/mol. The van der Waals surface area contributed by atoms with Gasteiger partial charge in [-0.15, -0.1) is 5.57 Å². The maximum atomic E-state index is 4.36. The minimum atomic E-state index is 0. The first kappa shape index (κ1) is 24.3. The second-order valence-electron chi connectivity index (χ2n) is 5.36. The standard InChI is InChI=1S/C13H16N.2C5H5.Ti/c1-5-10(2)9-14-13-11(3)7-6-8-12(13)4;2*1-2-4-5-3-1;/h5-8H,1-4H3;2*1-5H;/q-1;;;/b10-5-;;;. The monoisotopic (exact) mass is 364 g/mol. The zero-order valence-corrected chi connectivity index (χ0v) is 17.1. The number of nitrogens with zero attached hydrogens (tertiary/aromatic N) is 1. The first-order valence-electron chi connectivity index (χ1n) is 8.14. The number of hydrogen-bond acceptors (Lipinski definition) is 1. The molecule has 0 atom stereocenters. The van der Waals surface area contributed by atoms with Crippen LogP contribution in [0, 0.1) is 78.1 Å². The molecule has 0 unspecified atom stereocenters. The van der Waals surface area contributed by atoms with Crippen molar-refractivity contribution in [2.45, 2.75) is 27.7 Å². The molecule has 0 heterocycles. The Morgan fingerprint density at radius 1 is 0.800 bits per heavy atom. The largest absolute Gasteiger partial charge is 0.385 e. The SMILES string of the molecule is C/C=C(/C)[C-]=Nc1c(C)cccc1C.[CH]1[CH][CH][CH][CH]1.[CH]1[CH][CH][CH][CH]1.[Ti]. The average Bonchev–Trinajstić information content (AvgIpc) is 3.31. The summed E-state index contributed by atoms with van der Waals surface area (Å²) in [6.07, 6.45) is 25.0. The van der Waals surface area contributed by atoms with Crippen molar-refractivity contribution in [2.75, 3.05) is 0 Å². The van der Waals surface area contributed by atoms with Crippen LogP contribution in [-0.2, 0) is 21.7 Å². The molecule has 0 bridgehead atoms. The van der Waals surface area contributed by atoms with Crippen molar-refractivity contribution in [1.29, 1.82) is 0 Å². The van der Waals surface area contributed by atoms with Crippen molar-refractivity contribution in [2.24, 2.45) is 4.99 Å². The van der Waals surface area contributed by atoms with E-state index in [1.165, 1.54) is 11.1 Å². The molecule has 0 aromatic heterocycles. The van der Waals surface area contributed by atoms with Crippen LogP contribution in [0.25, 0.3) is 0 Å². The van der Waals surface area contributed by atoms with E-state index in [9.17, 15) is 0 Å². The molecule has 1 aromatic rings. The van der Waals surface area contributed by atoms with Crippen LogP contribution >= 0.6 is 0 Å². The third kappa shape index (κ3) is 11.6. The molecule has 3 rings (SSSR count). The van der Waals surface area contributed by atoms with Crippen molar-refractivity contribution >= 4 is 11.9 Å². The molecular formula is C23H26NTi-. The Morgan fingerprint density at radius 3 is 1.48 bits per heavy atom. The second kappa shape index (κ2) is 15.6. The molecule has 2 fully saturated rings. The Labute approximate surface area is 171 Å². The molecule has 128 valence electrons. The van der Waals surface area contributed by atoms with Gasteiger partial charge < -0.3 is 4.99 Å². The fourth-order valence-corrected chi connectivity index (χ4v) is 1.83. The summed E-state index contributed by atoms with van der Waals surface area (Å²) < 4.78 is 0. The maximum Gasteiger partial charge on any atom is 0 e. The Morgan fingerprint density at radius 2 is 1.16 bits per heavy atom. The van der Waals surface area contributed by atoms with E-state index in [1.807, 2.05) is 90.2 Å². The zero-order valence-electron chi connectivity index (χ0n) is 15.5. The topological polar surface area (TPSA) is 12.4 Å². The molecule has 0 aliphatic heterocycles. The molecular weight excluding hydrogens is 338 g/mol.